The van der Waals surface area contributed by atoms with Gasteiger partial charge in [0.2, 0.25) is 0 Å². The molecule has 2 aromatic heterocycles. The number of H-pyrrole nitrogens is 1. The van der Waals surface area contributed by atoms with Crippen molar-refractivity contribution in [2.75, 3.05) is 0 Å². The molecule has 0 aliphatic rings. The lowest BCUT2D eigenvalue weighted by Crippen LogP contribution is -2.12. The van der Waals surface area contributed by atoms with E-state index < -0.39 is 0 Å². The second-order valence-electron chi connectivity index (χ2n) is 6.38. The van der Waals surface area contributed by atoms with Gasteiger partial charge in [-0.25, -0.2) is 4.98 Å². The molecule has 0 saturated heterocycles. The summed E-state index contributed by atoms with van der Waals surface area (Å²) in [6, 6.07) is 17.3. The number of hydrogen-bond donors (Lipinski definition) is 1. The van der Waals surface area contributed by atoms with Crippen LogP contribution in [0.1, 0.15) is 28.3 Å². The van der Waals surface area contributed by atoms with Crippen molar-refractivity contribution in [3.05, 3.63) is 89.6 Å². The molecule has 4 aromatic rings. The van der Waals surface area contributed by atoms with E-state index in [-0.39, 0.29) is 5.92 Å². The van der Waals surface area contributed by atoms with E-state index in [2.05, 4.69) is 83.1 Å². The van der Waals surface area contributed by atoms with E-state index in [4.69, 9.17) is 0 Å². The Bertz CT molecular complexity index is 964. The van der Waals surface area contributed by atoms with E-state index in [0.29, 0.717) is 0 Å². The van der Waals surface area contributed by atoms with Crippen molar-refractivity contribution in [3.8, 4) is 0 Å². The Morgan fingerprint density at radius 1 is 1.04 bits per heavy atom. The van der Waals surface area contributed by atoms with Crippen molar-refractivity contribution in [2.45, 2.75) is 26.3 Å². The van der Waals surface area contributed by atoms with Crippen LogP contribution in [-0.4, -0.2) is 14.5 Å². The molecule has 3 nitrogen and oxygen atoms in total. The van der Waals surface area contributed by atoms with Crippen molar-refractivity contribution in [3.63, 3.8) is 0 Å². The Labute approximate surface area is 142 Å². The lowest BCUT2D eigenvalue weighted by atomic mass is 9.90. The average Bonchev–Trinajstić information content (AvgIpc) is 3.25. The van der Waals surface area contributed by atoms with E-state index in [1.165, 1.54) is 27.6 Å². The zero-order chi connectivity index (χ0) is 16.5. The Balaban J connectivity index is 1.81. The lowest BCUT2D eigenvalue weighted by Gasteiger charge is -2.21. The Morgan fingerprint density at radius 3 is 2.75 bits per heavy atom. The lowest BCUT2D eigenvalue weighted by molar-refractivity contribution is 0.628. The number of para-hydroxylation sites is 1. The monoisotopic (exact) mass is 315 g/mol. The van der Waals surface area contributed by atoms with Gasteiger partial charge in [-0.05, 0) is 48.1 Å². The number of imidazole rings is 1. The predicted molar refractivity (Wildman–Crippen MR) is 98.3 cm³/mol. The topological polar surface area (TPSA) is 33.6 Å². The summed E-state index contributed by atoms with van der Waals surface area (Å²) < 4.78 is 2.34. The molecule has 0 aliphatic heterocycles. The minimum absolute atomic E-state index is 0.253. The van der Waals surface area contributed by atoms with Crippen molar-refractivity contribution >= 4 is 10.9 Å². The van der Waals surface area contributed by atoms with Crippen LogP contribution in [-0.2, 0) is 6.54 Å². The first-order valence-corrected chi connectivity index (χ1v) is 8.32. The second kappa shape index (κ2) is 6.00. The van der Waals surface area contributed by atoms with Gasteiger partial charge in [-0.2, -0.15) is 0 Å². The molecular formula is C21H21N3. The summed E-state index contributed by atoms with van der Waals surface area (Å²) in [4.78, 5) is 7.57. The quantitative estimate of drug-likeness (QED) is 0.576. The fourth-order valence-electron chi connectivity index (χ4n) is 3.47. The van der Waals surface area contributed by atoms with Crippen molar-refractivity contribution < 1.29 is 0 Å². The van der Waals surface area contributed by atoms with Crippen molar-refractivity contribution in [1.82, 2.24) is 14.5 Å². The predicted octanol–water partition coefficient (Wildman–Crippen LogP) is 4.81. The van der Waals surface area contributed by atoms with Crippen LogP contribution in [0.4, 0.5) is 0 Å². The van der Waals surface area contributed by atoms with Crippen molar-refractivity contribution in [2.24, 2.45) is 0 Å². The van der Waals surface area contributed by atoms with Crippen molar-refractivity contribution in [1.29, 1.82) is 0 Å². The highest BCUT2D eigenvalue weighted by Gasteiger charge is 2.19. The zero-order valence-electron chi connectivity index (χ0n) is 14.0. The molecular weight excluding hydrogens is 294 g/mol. The third-order valence-electron chi connectivity index (χ3n) is 4.98. The Kier molecular flexibility index (Phi) is 3.69. The van der Waals surface area contributed by atoms with Gasteiger partial charge in [0.1, 0.15) is 0 Å². The highest BCUT2D eigenvalue weighted by Crippen LogP contribution is 2.30. The van der Waals surface area contributed by atoms with E-state index in [1.807, 2.05) is 6.20 Å². The first-order chi connectivity index (χ1) is 11.7. The van der Waals surface area contributed by atoms with E-state index in [9.17, 15) is 0 Å². The van der Waals surface area contributed by atoms with Crippen LogP contribution in [0.25, 0.3) is 10.9 Å². The molecule has 0 spiro atoms. The van der Waals surface area contributed by atoms with Crippen LogP contribution < -0.4 is 0 Å². The molecule has 24 heavy (non-hydrogen) atoms. The molecule has 0 fully saturated rings. The molecule has 0 amide bonds. The summed E-state index contributed by atoms with van der Waals surface area (Å²) >= 11 is 0. The number of hydrogen-bond acceptors (Lipinski definition) is 1. The fraction of sp³-hybridized carbons (Fsp3) is 0.190. The summed E-state index contributed by atoms with van der Waals surface area (Å²) in [5.41, 5.74) is 6.47. The van der Waals surface area contributed by atoms with Crippen LogP contribution in [0, 0.1) is 13.8 Å². The van der Waals surface area contributed by atoms with Gasteiger partial charge < -0.3 is 9.55 Å². The number of aromatic nitrogens is 3. The first kappa shape index (κ1) is 14.8. The maximum Gasteiger partial charge on any atom is 0.0921 e. The highest BCUT2D eigenvalue weighted by atomic mass is 15.0. The molecule has 0 aliphatic carbocycles. The molecule has 1 N–H and O–H groups in total. The number of rotatable bonds is 4. The molecule has 0 radical (unpaired) electrons. The first-order valence-electron chi connectivity index (χ1n) is 8.32. The maximum absolute atomic E-state index is 4.25. The van der Waals surface area contributed by atoms with Gasteiger partial charge >= 0.3 is 0 Å². The van der Waals surface area contributed by atoms with Gasteiger partial charge in [0, 0.05) is 36.1 Å². The number of aryl methyl sites for hydroxylation is 1. The van der Waals surface area contributed by atoms with Crippen LogP contribution in [0.2, 0.25) is 0 Å². The molecule has 1 atom stereocenters. The molecule has 0 saturated carbocycles. The Morgan fingerprint density at radius 2 is 1.92 bits per heavy atom. The third kappa shape index (κ3) is 2.52. The normalized spacial score (nSPS) is 12.6. The minimum atomic E-state index is 0.253. The molecule has 2 aromatic carbocycles. The summed E-state index contributed by atoms with van der Waals surface area (Å²) in [5, 5.41) is 1.28. The van der Waals surface area contributed by atoms with Crippen LogP contribution in [0.5, 0.6) is 0 Å². The van der Waals surface area contributed by atoms with Gasteiger partial charge in [0.25, 0.3) is 0 Å². The standard InChI is InChI=1S/C21H21N3/c1-15-6-5-8-18(16(15)2)19(20-12-22-14-23-20)13-24-11-10-17-7-3-4-9-21(17)24/h3-12,14,19H,13H2,1-2H3,(H,22,23). The van der Waals surface area contributed by atoms with Gasteiger partial charge in [-0.15, -0.1) is 0 Å². The largest absolute Gasteiger partial charge is 0.348 e. The number of fused-ring (bicyclic) bond motifs is 1. The summed E-state index contributed by atoms with van der Waals surface area (Å²) in [5.74, 6) is 0.253. The molecule has 0 bridgehead atoms. The van der Waals surface area contributed by atoms with Crippen LogP contribution in [0.3, 0.4) is 0 Å². The SMILES string of the molecule is Cc1cccc(C(Cn2ccc3ccccc32)c2cnc[nH]2)c1C. The van der Waals surface area contributed by atoms with E-state index in [0.717, 1.165) is 12.2 Å². The number of nitrogens with one attached hydrogen (secondary N) is 1. The molecule has 3 heteroatoms. The second-order valence-corrected chi connectivity index (χ2v) is 6.38. The van der Waals surface area contributed by atoms with Gasteiger partial charge in [0.15, 0.2) is 0 Å². The third-order valence-corrected chi connectivity index (χ3v) is 4.98. The van der Waals surface area contributed by atoms with Crippen LogP contribution >= 0.6 is 0 Å². The highest BCUT2D eigenvalue weighted by molar-refractivity contribution is 5.79. The summed E-state index contributed by atoms with van der Waals surface area (Å²) in [6.45, 7) is 5.27. The van der Waals surface area contributed by atoms with Gasteiger partial charge in [-0.3, -0.25) is 0 Å². The molecule has 1 unspecified atom stereocenters. The zero-order valence-corrected chi connectivity index (χ0v) is 14.0. The number of benzene rings is 2. The average molecular weight is 315 g/mol. The fourth-order valence-corrected chi connectivity index (χ4v) is 3.47. The molecule has 4 rings (SSSR count). The molecule has 120 valence electrons. The maximum atomic E-state index is 4.25. The minimum Gasteiger partial charge on any atom is -0.348 e. The van der Waals surface area contributed by atoms with E-state index in [1.54, 1.807) is 6.33 Å². The summed E-state index contributed by atoms with van der Waals surface area (Å²) in [6.07, 6.45) is 5.89. The van der Waals surface area contributed by atoms with E-state index >= 15 is 0 Å². The van der Waals surface area contributed by atoms with Gasteiger partial charge in [-0.1, -0.05) is 36.4 Å². The van der Waals surface area contributed by atoms with Crippen LogP contribution in [0.15, 0.2) is 67.3 Å². The number of nitrogens with zero attached hydrogens (tertiary/aromatic N) is 2. The molecule has 2 heterocycles. The smallest absolute Gasteiger partial charge is 0.0921 e. The Hall–Kier alpha value is -2.81. The summed E-state index contributed by atoms with van der Waals surface area (Å²) in [7, 11) is 0. The number of aromatic amines is 1. The van der Waals surface area contributed by atoms with Gasteiger partial charge in [0.05, 0.1) is 6.33 Å².